The van der Waals surface area contributed by atoms with E-state index in [9.17, 15) is 9.90 Å². The van der Waals surface area contributed by atoms with E-state index in [0.717, 1.165) is 12.8 Å². The molecule has 0 aliphatic heterocycles. The number of fused-ring (bicyclic) bond motifs is 1. The van der Waals surface area contributed by atoms with Crippen LogP contribution in [0.25, 0.3) is 10.9 Å². The summed E-state index contributed by atoms with van der Waals surface area (Å²) in [6, 6.07) is 4.98. The first-order valence-electron chi connectivity index (χ1n) is 10.7. The monoisotopic (exact) mass is 402 g/mol. The van der Waals surface area contributed by atoms with Gasteiger partial charge in [-0.3, -0.25) is 0 Å². The highest BCUT2D eigenvalue weighted by atomic mass is 16.5. The summed E-state index contributed by atoms with van der Waals surface area (Å²) in [5.41, 5.74) is 6.67. The van der Waals surface area contributed by atoms with E-state index < -0.39 is 5.97 Å². The minimum atomic E-state index is -1.11. The van der Waals surface area contributed by atoms with E-state index in [0.29, 0.717) is 34.7 Å². The van der Waals surface area contributed by atoms with Gasteiger partial charge in [0, 0.05) is 11.5 Å². The van der Waals surface area contributed by atoms with Gasteiger partial charge in [0.25, 0.3) is 0 Å². The van der Waals surface area contributed by atoms with Gasteiger partial charge in [0.1, 0.15) is 11.3 Å². The average Bonchev–Trinajstić information content (AvgIpc) is 2.71. The Balaban J connectivity index is 1.87. The molecule has 29 heavy (non-hydrogen) atoms. The summed E-state index contributed by atoms with van der Waals surface area (Å²) < 4.78 is 11.2. The van der Waals surface area contributed by atoms with Crippen molar-refractivity contribution < 1.29 is 19.4 Å². The molecule has 3 N–H and O–H groups in total. The van der Waals surface area contributed by atoms with Crippen molar-refractivity contribution in [3.8, 4) is 11.5 Å². The molecule has 6 nitrogen and oxygen atoms in total. The largest absolute Gasteiger partial charge is 0.493 e. The summed E-state index contributed by atoms with van der Waals surface area (Å²) in [5.74, 6) is -0.240. The van der Waals surface area contributed by atoms with E-state index >= 15 is 0 Å². The molecular weight excluding hydrogens is 368 g/mol. The Bertz CT molecular complexity index is 792. The lowest BCUT2D eigenvalue weighted by Gasteiger charge is -2.13. The van der Waals surface area contributed by atoms with Crippen LogP contribution in [0.1, 0.15) is 81.6 Å². The van der Waals surface area contributed by atoms with Crippen molar-refractivity contribution in [1.82, 2.24) is 4.98 Å². The molecule has 2 aromatic rings. The lowest BCUT2D eigenvalue weighted by Crippen LogP contribution is -2.05. The fourth-order valence-electron chi connectivity index (χ4n) is 3.47. The predicted molar refractivity (Wildman–Crippen MR) is 117 cm³/mol. The zero-order valence-electron chi connectivity index (χ0n) is 17.7. The summed E-state index contributed by atoms with van der Waals surface area (Å²) in [6.45, 7) is 2.78. The quantitative estimate of drug-likeness (QED) is 0.305. The number of unbranched alkanes of at least 4 members (excludes halogenated alkanes) is 9. The SMILES string of the molecule is CCCCCCCCCCCCOc1cc(C(=O)O)nc2c(OC)c(N)ccc12. The van der Waals surface area contributed by atoms with Crippen molar-refractivity contribution in [2.45, 2.75) is 71.1 Å². The number of hydrogen-bond acceptors (Lipinski definition) is 5. The number of carboxylic acids is 1. The zero-order chi connectivity index (χ0) is 21.1. The Labute approximate surface area is 173 Å². The topological polar surface area (TPSA) is 94.7 Å². The molecule has 0 unspecified atom stereocenters. The van der Waals surface area contributed by atoms with Gasteiger partial charge in [-0.2, -0.15) is 0 Å². The van der Waals surface area contributed by atoms with Crippen LogP contribution < -0.4 is 15.2 Å². The molecular formula is C23H34N2O4. The highest BCUT2D eigenvalue weighted by molar-refractivity contribution is 5.97. The van der Waals surface area contributed by atoms with Crippen molar-refractivity contribution in [2.24, 2.45) is 0 Å². The molecule has 6 heteroatoms. The molecule has 0 amide bonds. The highest BCUT2D eigenvalue weighted by Crippen LogP contribution is 2.35. The number of pyridine rings is 1. The molecule has 0 fully saturated rings. The van der Waals surface area contributed by atoms with Gasteiger partial charge in [-0.1, -0.05) is 64.7 Å². The van der Waals surface area contributed by atoms with Crippen LogP contribution in [0.4, 0.5) is 5.69 Å². The third-order valence-electron chi connectivity index (χ3n) is 5.11. The minimum Gasteiger partial charge on any atom is -0.493 e. The molecule has 0 saturated heterocycles. The van der Waals surface area contributed by atoms with Gasteiger partial charge < -0.3 is 20.3 Å². The lowest BCUT2D eigenvalue weighted by atomic mass is 10.1. The van der Waals surface area contributed by atoms with Crippen LogP contribution in [0.3, 0.4) is 0 Å². The number of rotatable bonds is 14. The summed E-state index contributed by atoms with van der Waals surface area (Å²) in [5, 5.41) is 10.1. The number of aromatic nitrogens is 1. The molecule has 1 aromatic heterocycles. The van der Waals surface area contributed by atoms with E-state index in [-0.39, 0.29) is 5.69 Å². The van der Waals surface area contributed by atoms with Crippen LogP contribution in [0.5, 0.6) is 11.5 Å². The fourth-order valence-corrected chi connectivity index (χ4v) is 3.47. The van der Waals surface area contributed by atoms with Gasteiger partial charge in [-0.25, -0.2) is 9.78 Å². The molecule has 0 aliphatic rings. The molecule has 2 rings (SSSR count). The van der Waals surface area contributed by atoms with Crippen molar-refractivity contribution in [3.05, 3.63) is 23.9 Å². The Kier molecular flexibility index (Phi) is 9.54. The first-order chi connectivity index (χ1) is 14.1. The van der Waals surface area contributed by atoms with Crippen molar-refractivity contribution in [2.75, 3.05) is 19.5 Å². The number of aromatic carboxylic acids is 1. The van der Waals surface area contributed by atoms with Crippen molar-refractivity contribution in [1.29, 1.82) is 0 Å². The zero-order valence-corrected chi connectivity index (χ0v) is 17.7. The normalized spacial score (nSPS) is 11.0. The maximum Gasteiger partial charge on any atom is 0.354 e. The number of ether oxygens (including phenoxy) is 2. The molecule has 0 aliphatic carbocycles. The number of nitrogens with two attached hydrogens (primary N) is 1. The molecule has 0 atom stereocenters. The number of anilines is 1. The van der Waals surface area contributed by atoms with Gasteiger partial charge in [0.05, 0.1) is 19.4 Å². The van der Waals surface area contributed by atoms with Crippen LogP contribution in [-0.2, 0) is 0 Å². The summed E-state index contributed by atoms with van der Waals surface area (Å²) >= 11 is 0. The highest BCUT2D eigenvalue weighted by Gasteiger charge is 2.16. The molecule has 160 valence electrons. The van der Waals surface area contributed by atoms with Crippen molar-refractivity contribution in [3.63, 3.8) is 0 Å². The molecule has 0 spiro atoms. The first-order valence-corrected chi connectivity index (χ1v) is 10.7. The number of hydrogen-bond donors (Lipinski definition) is 2. The second kappa shape index (κ2) is 12.1. The summed E-state index contributed by atoms with van der Waals surface area (Å²) in [6.07, 6.45) is 12.5. The van der Waals surface area contributed by atoms with Gasteiger partial charge >= 0.3 is 5.97 Å². The van der Waals surface area contributed by atoms with E-state index in [1.165, 1.54) is 64.5 Å². The summed E-state index contributed by atoms with van der Waals surface area (Å²) in [7, 11) is 1.49. The third-order valence-corrected chi connectivity index (χ3v) is 5.11. The molecule has 0 saturated carbocycles. The standard InChI is InChI=1S/C23H34N2O4/c1-3-4-5-6-7-8-9-10-11-12-15-29-20-16-19(23(26)27)25-21-17(20)13-14-18(24)22(21)28-2/h13-14,16H,3-12,15,24H2,1-2H3,(H,26,27). The molecule has 0 radical (unpaired) electrons. The Morgan fingerprint density at radius 1 is 1.03 bits per heavy atom. The lowest BCUT2D eigenvalue weighted by molar-refractivity contribution is 0.0690. The molecule has 1 heterocycles. The number of nitrogen functional groups attached to an aromatic ring is 1. The van der Waals surface area contributed by atoms with Crippen molar-refractivity contribution >= 4 is 22.6 Å². The van der Waals surface area contributed by atoms with Gasteiger partial charge in [0.2, 0.25) is 0 Å². The van der Waals surface area contributed by atoms with E-state index in [4.69, 9.17) is 15.2 Å². The van der Waals surface area contributed by atoms with Crippen LogP contribution in [0.2, 0.25) is 0 Å². The van der Waals surface area contributed by atoms with Crippen LogP contribution in [-0.4, -0.2) is 29.8 Å². The Hall–Kier alpha value is -2.50. The molecule has 1 aromatic carbocycles. The van der Waals surface area contributed by atoms with E-state index in [1.54, 1.807) is 12.1 Å². The predicted octanol–water partition coefficient (Wildman–Crippen LogP) is 5.82. The van der Waals surface area contributed by atoms with Gasteiger partial charge in [0.15, 0.2) is 11.4 Å². The second-order valence-electron chi connectivity index (χ2n) is 7.43. The van der Waals surface area contributed by atoms with Gasteiger partial charge in [-0.15, -0.1) is 0 Å². The summed E-state index contributed by atoms with van der Waals surface area (Å²) in [4.78, 5) is 15.6. The number of methoxy groups -OCH3 is 1. The van der Waals surface area contributed by atoms with Crippen LogP contribution in [0.15, 0.2) is 18.2 Å². The third kappa shape index (κ3) is 6.80. The van der Waals surface area contributed by atoms with Crippen LogP contribution >= 0.6 is 0 Å². The van der Waals surface area contributed by atoms with E-state index in [2.05, 4.69) is 11.9 Å². The van der Waals surface area contributed by atoms with E-state index in [1.807, 2.05) is 0 Å². The second-order valence-corrected chi connectivity index (χ2v) is 7.43. The smallest absolute Gasteiger partial charge is 0.354 e. The number of nitrogens with zero attached hydrogens (tertiary/aromatic N) is 1. The molecule has 0 bridgehead atoms. The first kappa shape index (κ1) is 22.8. The van der Waals surface area contributed by atoms with Gasteiger partial charge in [-0.05, 0) is 18.6 Å². The Morgan fingerprint density at radius 3 is 2.24 bits per heavy atom. The number of carbonyl (C=O) groups is 1. The minimum absolute atomic E-state index is 0.0838. The average molecular weight is 403 g/mol. The van der Waals surface area contributed by atoms with Crippen LogP contribution in [0, 0.1) is 0 Å². The maximum absolute atomic E-state index is 11.5. The number of carboxylic acid groups (broad SMARTS) is 1. The fraction of sp³-hybridized carbons (Fsp3) is 0.565. The Morgan fingerprint density at radius 2 is 1.66 bits per heavy atom. The maximum atomic E-state index is 11.5. The number of benzene rings is 1.